The Morgan fingerprint density at radius 3 is 1.68 bits per heavy atom. The first kappa shape index (κ1) is 31.3. The van der Waals surface area contributed by atoms with E-state index in [9.17, 15) is 4.79 Å². The fraction of sp³-hybridized carbons (Fsp3) is 0.571. The quantitative estimate of drug-likeness (QED) is 0.125. The zero-order chi connectivity index (χ0) is 26.4. The van der Waals surface area contributed by atoms with Crippen molar-refractivity contribution in [2.24, 2.45) is 0 Å². The number of carbonyl (C=O) groups is 1. The average Bonchev–Trinajstić information content (AvgIpc) is 3.00. The van der Waals surface area contributed by atoms with Crippen LogP contribution in [0.1, 0.15) is 136 Å². The number of carbonyl (C=O) groups excluding carboxylic acids is 1. The second-order valence-electron chi connectivity index (χ2n) is 10.6. The molecule has 0 amide bonds. The number of hydrogen-bond acceptors (Lipinski definition) is 2. The van der Waals surface area contributed by atoms with E-state index < -0.39 is 0 Å². The molecule has 0 spiro atoms. The van der Waals surface area contributed by atoms with Gasteiger partial charge in [0.1, 0.15) is 0 Å². The number of ketones is 1. The predicted molar refractivity (Wildman–Crippen MR) is 164 cm³/mol. The number of benzene rings is 1. The molecule has 0 saturated heterocycles. The van der Waals surface area contributed by atoms with Crippen LogP contribution in [-0.4, -0.2) is 5.78 Å². The minimum Gasteiger partial charge on any atom is -0.294 e. The van der Waals surface area contributed by atoms with Gasteiger partial charge in [-0.1, -0.05) is 158 Å². The first-order chi connectivity index (χ1) is 18.2. The lowest BCUT2D eigenvalue weighted by Crippen LogP contribution is -2.04. The Kier molecular flexibility index (Phi) is 17.8. The summed E-state index contributed by atoms with van der Waals surface area (Å²) in [5.74, 6) is 0.199. The summed E-state index contributed by atoms with van der Waals surface area (Å²) in [5, 5.41) is 2.10. The lowest BCUT2D eigenvalue weighted by molar-refractivity contribution is 0.0993. The van der Waals surface area contributed by atoms with E-state index in [-0.39, 0.29) is 5.78 Å². The topological polar surface area (TPSA) is 17.1 Å². The lowest BCUT2D eigenvalue weighted by atomic mass is 9.99. The van der Waals surface area contributed by atoms with Crippen molar-refractivity contribution in [1.29, 1.82) is 0 Å². The smallest absolute Gasteiger partial charge is 0.168 e. The third kappa shape index (κ3) is 14.6. The zero-order valence-corrected chi connectivity index (χ0v) is 24.6. The molecule has 0 unspecified atom stereocenters. The molecule has 1 nitrogen and oxygen atoms in total. The SMILES string of the molecule is CCCCCCCCCCCCCCCCCCc1cccccsc(CC(=O)c2ccccc2)c1C. The minimum absolute atomic E-state index is 0.199. The first-order valence-electron chi connectivity index (χ1n) is 15.2. The van der Waals surface area contributed by atoms with Crippen LogP contribution >= 0.6 is 11.3 Å². The standard InChI is InChI=1S/C35H52OS/c1-3-4-5-6-7-8-9-10-11-12-13-14-15-16-17-20-25-32-26-23-19-24-29-37-35(31(32)2)30-34(36)33-27-21-18-22-28-33/h18-19,21-24,26-29H,3-17,20,25,30H2,1-2H3. The Morgan fingerprint density at radius 1 is 0.622 bits per heavy atom. The fourth-order valence-corrected chi connectivity index (χ4v) is 5.83. The summed E-state index contributed by atoms with van der Waals surface area (Å²) >= 11 is 1.70. The van der Waals surface area contributed by atoms with Gasteiger partial charge in [0, 0.05) is 16.9 Å². The molecule has 37 heavy (non-hydrogen) atoms. The maximum Gasteiger partial charge on any atom is 0.168 e. The van der Waals surface area contributed by atoms with Crippen LogP contribution in [0.15, 0.2) is 60.0 Å². The molecule has 0 fully saturated rings. The number of Topliss-reactive ketones (excluding diaryl/α,β-unsaturated/α-hetero) is 1. The maximum atomic E-state index is 12.9. The van der Waals surface area contributed by atoms with Crippen molar-refractivity contribution in [2.75, 3.05) is 0 Å². The van der Waals surface area contributed by atoms with Crippen molar-refractivity contribution in [2.45, 2.75) is 129 Å². The molecule has 2 rings (SSSR count). The highest BCUT2D eigenvalue weighted by Crippen LogP contribution is 2.20. The van der Waals surface area contributed by atoms with E-state index in [0.717, 1.165) is 12.0 Å². The summed E-state index contributed by atoms with van der Waals surface area (Å²) in [6.07, 6.45) is 23.9. The molecule has 0 aliphatic carbocycles. The predicted octanol–water partition coefficient (Wildman–Crippen LogP) is 11.4. The van der Waals surface area contributed by atoms with Crippen LogP contribution in [-0.2, 0) is 12.8 Å². The number of rotatable bonds is 20. The van der Waals surface area contributed by atoms with Crippen LogP contribution in [0, 0.1) is 6.92 Å². The van der Waals surface area contributed by atoms with E-state index in [1.54, 1.807) is 11.3 Å². The molecule has 0 saturated carbocycles. The van der Waals surface area contributed by atoms with Gasteiger partial charge in [-0.2, -0.15) is 0 Å². The maximum absolute atomic E-state index is 12.9. The van der Waals surface area contributed by atoms with E-state index in [1.165, 1.54) is 119 Å². The molecule has 2 aromatic rings. The average molecular weight is 521 g/mol. The van der Waals surface area contributed by atoms with E-state index in [4.69, 9.17) is 0 Å². The molecule has 0 N–H and O–H groups in total. The van der Waals surface area contributed by atoms with Crippen LogP contribution in [0.5, 0.6) is 0 Å². The first-order valence-corrected chi connectivity index (χ1v) is 16.1. The van der Waals surface area contributed by atoms with Gasteiger partial charge >= 0.3 is 0 Å². The lowest BCUT2D eigenvalue weighted by Gasteiger charge is -2.08. The van der Waals surface area contributed by atoms with Crippen molar-refractivity contribution in [1.82, 2.24) is 0 Å². The van der Waals surface area contributed by atoms with Crippen molar-refractivity contribution < 1.29 is 4.79 Å². The summed E-state index contributed by atoms with van der Waals surface area (Å²) in [4.78, 5) is 14.0. The molecule has 1 aromatic heterocycles. The molecule has 1 heterocycles. The molecular formula is C35H52OS. The molecule has 0 radical (unpaired) electrons. The zero-order valence-electron chi connectivity index (χ0n) is 23.8. The Labute approximate surface area is 232 Å². The van der Waals surface area contributed by atoms with Gasteiger partial charge in [-0.25, -0.2) is 0 Å². The van der Waals surface area contributed by atoms with Crippen molar-refractivity contribution in [3.05, 3.63) is 81.5 Å². The van der Waals surface area contributed by atoms with Crippen molar-refractivity contribution >= 4 is 17.1 Å². The Balaban J connectivity index is 1.64. The van der Waals surface area contributed by atoms with Crippen LogP contribution < -0.4 is 0 Å². The van der Waals surface area contributed by atoms with Crippen LogP contribution in [0.25, 0.3) is 0 Å². The van der Waals surface area contributed by atoms with Gasteiger partial charge in [0.2, 0.25) is 0 Å². The number of hydrogen-bond donors (Lipinski definition) is 0. The largest absolute Gasteiger partial charge is 0.294 e. The summed E-state index contributed by atoms with van der Waals surface area (Å²) in [6.45, 7) is 4.49. The summed E-state index contributed by atoms with van der Waals surface area (Å²) in [6, 6.07) is 18.2. The van der Waals surface area contributed by atoms with Gasteiger partial charge in [0.25, 0.3) is 0 Å². The Morgan fingerprint density at radius 2 is 1.11 bits per heavy atom. The van der Waals surface area contributed by atoms with Gasteiger partial charge in [0.15, 0.2) is 5.78 Å². The highest BCUT2D eigenvalue weighted by atomic mass is 32.1. The number of aryl methyl sites for hydroxylation is 1. The molecule has 0 atom stereocenters. The van der Waals surface area contributed by atoms with E-state index in [0.29, 0.717) is 6.42 Å². The van der Waals surface area contributed by atoms with Gasteiger partial charge in [-0.3, -0.25) is 4.79 Å². The van der Waals surface area contributed by atoms with Crippen molar-refractivity contribution in [3.63, 3.8) is 0 Å². The summed E-state index contributed by atoms with van der Waals surface area (Å²) in [7, 11) is 0. The normalized spacial score (nSPS) is 10.9. The molecule has 2 heteroatoms. The third-order valence-electron chi connectivity index (χ3n) is 7.42. The summed E-state index contributed by atoms with van der Waals surface area (Å²) < 4.78 is 0. The molecule has 0 aliphatic heterocycles. The second kappa shape index (κ2) is 21.1. The van der Waals surface area contributed by atoms with Crippen LogP contribution in [0.3, 0.4) is 0 Å². The summed E-state index contributed by atoms with van der Waals surface area (Å²) in [5.41, 5.74) is 3.47. The van der Waals surface area contributed by atoms with Gasteiger partial charge in [-0.15, -0.1) is 11.3 Å². The monoisotopic (exact) mass is 520 g/mol. The highest BCUT2D eigenvalue weighted by molar-refractivity contribution is 7.09. The fourth-order valence-electron chi connectivity index (χ4n) is 4.98. The van der Waals surface area contributed by atoms with Crippen LogP contribution in [0.2, 0.25) is 0 Å². The third-order valence-corrected chi connectivity index (χ3v) is 8.45. The van der Waals surface area contributed by atoms with E-state index in [1.807, 2.05) is 30.3 Å². The van der Waals surface area contributed by atoms with E-state index in [2.05, 4.69) is 43.5 Å². The number of unbranched alkanes of at least 4 members (excludes halogenated alkanes) is 15. The second-order valence-corrected chi connectivity index (χ2v) is 11.6. The minimum atomic E-state index is 0.199. The molecule has 0 aliphatic rings. The van der Waals surface area contributed by atoms with Crippen molar-refractivity contribution in [3.8, 4) is 0 Å². The van der Waals surface area contributed by atoms with Gasteiger partial charge in [0.05, 0.1) is 0 Å². The van der Waals surface area contributed by atoms with E-state index >= 15 is 0 Å². The molecule has 1 aromatic carbocycles. The molecule has 204 valence electrons. The van der Waals surface area contributed by atoms with Gasteiger partial charge in [-0.05, 0) is 36.3 Å². The molecule has 0 bridgehead atoms. The van der Waals surface area contributed by atoms with Crippen LogP contribution in [0.4, 0.5) is 0 Å². The Hall–Kier alpha value is -1.93. The highest BCUT2D eigenvalue weighted by Gasteiger charge is 2.10. The molecular weight excluding hydrogens is 468 g/mol. The Bertz CT molecular complexity index is 897. The van der Waals surface area contributed by atoms with Gasteiger partial charge < -0.3 is 0 Å².